The van der Waals surface area contributed by atoms with Crippen LogP contribution < -0.4 is 10.1 Å². The fraction of sp³-hybridized carbons (Fsp3) is 0.0909. The molecular weight excluding hydrogens is 289 g/mol. The monoisotopic (exact) mass is 296 g/mol. The number of H-pyrrole nitrogens is 1. The Morgan fingerprint density at radius 3 is 2.57 bits per heavy atom. The highest BCUT2D eigenvalue weighted by molar-refractivity contribution is 5.74. The van der Waals surface area contributed by atoms with Gasteiger partial charge in [-0.3, -0.25) is 0 Å². The number of aromatic amines is 1. The number of ether oxygens (including phenoxy) is 1. The second-order valence-electron chi connectivity index (χ2n) is 3.62. The zero-order valence-electron chi connectivity index (χ0n) is 10.2. The minimum atomic E-state index is -4.73. The number of anilines is 1. The van der Waals surface area contributed by atoms with Crippen molar-refractivity contribution in [2.24, 2.45) is 0 Å². The van der Waals surface area contributed by atoms with E-state index < -0.39 is 6.36 Å². The molecule has 0 unspecified atom stereocenters. The van der Waals surface area contributed by atoms with Crippen LogP contribution in [0.5, 0.6) is 5.75 Å². The standard InChI is InChI=1S/C11H7F3N6O/c12-11(13,14)21-9-3-1-8(2-4-9)16-6-7(5-15)10-17-19-20-18-10/h1-4,6,16H,(H,17,18,19,20)/b7-6-. The van der Waals surface area contributed by atoms with Gasteiger partial charge in [0.1, 0.15) is 17.4 Å². The van der Waals surface area contributed by atoms with Crippen LogP contribution in [0.1, 0.15) is 5.82 Å². The summed E-state index contributed by atoms with van der Waals surface area (Å²) >= 11 is 0. The van der Waals surface area contributed by atoms with E-state index in [2.05, 4.69) is 30.7 Å². The van der Waals surface area contributed by atoms with E-state index in [-0.39, 0.29) is 17.1 Å². The first kappa shape index (κ1) is 14.3. The lowest BCUT2D eigenvalue weighted by atomic mass is 10.3. The molecule has 0 saturated carbocycles. The molecule has 108 valence electrons. The van der Waals surface area contributed by atoms with Crippen molar-refractivity contribution in [2.75, 3.05) is 5.32 Å². The van der Waals surface area contributed by atoms with E-state index in [9.17, 15) is 13.2 Å². The number of allylic oxidation sites excluding steroid dienone is 1. The van der Waals surface area contributed by atoms with Crippen molar-refractivity contribution >= 4 is 11.3 Å². The van der Waals surface area contributed by atoms with E-state index in [4.69, 9.17) is 5.26 Å². The number of nitrogens with zero attached hydrogens (tertiary/aromatic N) is 4. The van der Waals surface area contributed by atoms with Gasteiger partial charge in [-0.2, -0.15) is 10.5 Å². The van der Waals surface area contributed by atoms with E-state index in [0.29, 0.717) is 5.69 Å². The largest absolute Gasteiger partial charge is 0.573 e. The van der Waals surface area contributed by atoms with Gasteiger partial charge in [0.05, 0.1) is 0 Å². The summed E-state index contributed by atoms with van der Waals surface area (Å²) in [4.78, 5) is 0. The van der Waals surface area contributed by atoms with Gasteiger partial charge in [0, 0.05) is 11.9 Å². The molecule has 2 aromatic rings. The number of nitrogens with one attached hydrogen (secondary N) is 2. The maximum absolute atomic E-state index is 12.0. The molecule has 10 heteroatoms. The first-order valence-electron chi connectivity index (χ1n) is 5.44. The number of hydrogen-bond acceptors (Lipinski definition) is 6. The molecule has 0 aliphatic carbocycles. The van der Waals surface area contributed by atoms with E-state index in [0.717, 1.165) is 12.1 Å². The van der Waals surface area contributed by atoms with Crippen molar-refractivity contribution in [2.45, 2.75) is 6.36 Å². The number of tetrazole rings is 1. The van der Waals surface area contributed by atoms with Gasteiger partial charge in [-0.05, 0) is 29.5 Å². The molecule has 0 bridgehead atoms. The molecule has 7 nitrogen and oxygen atoms in total. The lowest BCUT2D eigenvalue weighted by molar-refractivity contribution is -0.274. The number of nitriles is 1. The number of benzene rings is 1. The fourth-order valence-corrected chi connectivity index (χ4v) is 1.33. The molecule has 2 N–H and O–H groups in total. The Morgan fingerprint density at radius 1 is 1.33 bits per heavy atom. The Bertz CT molecular complexity index is 657. The molecule has 0 amide bonds. The zero-order chi connectivity index (χ0) is 15.3. The molecule has 0 spiro atoms. The highest BCUT2D eigenvalue weighted by Crippen LogP contribution is 2.24. The minimum absolute atomic E-state index is 0.0991. The van der Waals surface area contributed by atoms with E-state index in [1.165, 1.54) is 18.3 Å². The van der Waals surface area contributed by atoms with Gasteiger partial charge in [-0.15, -0.1) is 23.4 Å². The maximum Gasteiger partial charge on any atom is 0.573 e. The minimum Gasteiger partial charge on any atom is -0.406 e. The second kappa shape index (κ2) is 5.91. The van der Waals surface area contributed by atoms with Crippen LogP contribution in [0.2, 0.25) is 0 Å². The van der Waals surface area contributed by atoms with Gasteiger partial charge in [-0.25, -0.2) is 0 Å². The van der Waals surface area contributed by atoms with Gasteiger partial charge >= 0.3 is 6.36 Å². The Kier molecular flexibility index (Phi) is 4.03. The Hall–Kier alpha value is -3.09. The number of aromatic nitrogens is 4. The summed E-state index contributed by atoms with van der Waals surface area (Å²) in [5.74, 6) is -0.238. The molecule has 0 radical (unpaired) electrons. The van der Waals surface area contributed by atoms with Crippen LogP contribution >= 0.6 is 0 Å². The summed E-state index contributed by atoms with van der Waals surface area (Å²) in [5.41, 5.74) is 0.570. The van der Waals surface area contributed by atoms with Gasteiger partial charge in [0.15, 0.2) is 0 Å². The molecule has 0 aliphatic rings. The lowest BCUT2D eigenvalue weighted by Gasteiger charge is -2.09. The average molecular weight is 296 g/mol. The molecule has 0 atom stereocenters. The summed E-state index contributed by atoms with van der Waals surface area (Å²) in [6.45, 7) is 0. The molecule has 0 fully saturated rings. The summed E-state index contributed by atoms with van der Waals surface area (Å²) < 4.78 is 39.7. The van der Waals surface area contributed by atoms with Crippen molar-refractivity contribution in [1.29, 1.82) is 5.26 Å². The number of rotatable bonds is 4. The van der Waals surface area contributed by atoms with Crippen molar-refractivity contribution in [3.63, 3.8) is 0 Å². The lowest BCUT2D eigenvalue weighted by Crippen LogP contribution is -2.16. The normalized spacial score (nSPS) is 11.8. The molecule has 1 aromatic heterocycles. The summed E-state index contributed by atoms with van der Waals surface area (Å²) in [5, 5.41) is 24.4. The smallest absolute Gasteiger partial charge is 0.406 e. The number of hydrogen-bond donors (Lipinski definition) is 2. The van der Waals surface area contributed by atoms with Crippen LogP contribution in [-0.2, 0) is 0 Å². The van der Waals surface area contributed by atoms with Crippen LogP contribution in [0.3, 0.4) is 0 Å². The maximum atomic E-state index is 12.0. The van der Waals surface area contributed by atoms with E-state index >= 15 is 0 Å². The van der Waals surface area contributed by atoms with Crippen LogP contribution in [0, 0.1) is 11.3 Å². The molecule has 2 rings (SSSR count). The summed E-state index contributed by atoms with van der Waals surface area (Å²) in [7, 11) is 0. The van der Waals surface area contributed by atoms with Gasteiger partial charge in [-0.1, -0.05) is 0 Å². The van der Waals surface area contributed by atoms with Crippen molar-refractivity contribution in [3.8, 4) is 11.8 Å². The first-order chi connectivity index (χ1) is 9.98. The quantitative estimate of drug-likeness (QED) is 0.838. The molecule has 1 aromatic carbocycles. The van der Waals surface area contributed by atoms with Crippen LogP contribution in [0.4, 0.5) is 18.9 Å². The van der Waals surface area contributed by atoms with Gasteiger partial charge < -0.3 is 10.1 Å². The Morgan fingerprint density at radius 2 is 2.05 bits per heavy atom. The fourth-order valence-electron chi connectivity index (χ4n) is 1.33. The third-order valence-electron chi connectivity index (χ3n) is 2.18. The molecular formula is C11H7F3N6O. The van der Waals surface area contributed by atoms with E-state index in [1.54, 1.807) is 0 Å². The van der Waals surface area contributed by atoms with Crippen LogP contribution in [0.15, 0.2) is 30.5 Å². The van der Waals surface area contributed by atoms with Gasteiger partial charge in [0.2, 0.25) is 5.82 Å². The zero-order valence-corrected chi connectivity index (χ0v) is 10.2. The third kappa shape index (κ3) is 4.20. The van der Waals surface area contributed by atoms with Gasteiger partial charge in [0.25, 0.3) is 0 Å². The SMILES string of the molecule is N#C/C(=C/Nc1ccc(OC(F)(F)F)cc1)c1nn[nH]n1. The second-order valence-corrected chi connectivity index (χ2v) is 3.62. The van der Waals surface area contributed by atoms with Crippen LogP contribution in [-0.4, -0.2) is 27.0 Å². The Labute approximate surface area is 116 Å². The van der Waals surface area contributed by atoms with E-state index in [1.807, 2.05) is 6.07 Å². The molecule has 0 saturated heterocycles. The summed E-state index contributed by atoms with van der Waals surface area (Å²) in [6.07, 6.45) is -3.42. The van der Waals surface area contributed by atoms with Crippen molar-refractivity contribution in [3.05, 3.63) is 36.3 Å². The van der Waals surface area contributed by atoms with Crippen molar-refractivity contribution < 1.29 is 17.9 Å². The summed E-state index contributed by atoms with van der Waals surface area (Å²) in [6, 6.07) is 6.87. The Balaban J connectivity index is 2.05. The molecule has 21 heavy (non-hydrogen) atoms. The number of halogens is 3. The number of alkyl halides is 3. The molecule has 0 aliphatic heterocycles. The highest BCUT2D eigenvalue weighted by Gasteiger charge is 2.30. The van der Waals surface area contributed by atoms with Crippen molar-refractivity contribution in [1.82, 2.24) is 20.6 Å². The first-order valence-corrected chi connectivity index (χ1v) is 5.44. The topological polar surface area (TPSA) is 99.5 Å². The third-order valence-corrected chi connectivity index (χ3v) is 2.18. The highest BCUT2D eigenvalue weighted by atomic mass is 19.4. The van der Waals surface area contributed by atoms with Crippen LogP contribution in [0.25, 0.3) is 5.57 Å². The average Bonchev–Trinajstić information content (AvgIpc) is 2.94. The predicted molar refractivity (Wildman–Crippen MR) is 64.5 cm³/mol. The molecule has 1 heterocycles. The predicted octanol–water partition coefficient (Wildman–Crippen LogP) is 2.07.